The molecule has 1 amide bonds. The van der Waals surface area contributed by atoms with Crippen molar-refractivity contribution in [2.24, 2.45) is 5.16 Å². The van der Waals surface area contributed by atoms with Crippen molar-refractivity contribution in [1.29, 1.82) is 0 Å². The molecule has 2 aliphatic rings. The Balaban J connectivity index is 1.72. The Hall–Kier alpha value is -3.47. The van der Waals surface area contributed by atoms with Crippen molar-refractivity contribution >= 4 is 24.2 Å². The lowest BCUT2D eigenvalue weighted by molar-refractivity contribution is -0.115. The maximum atomic E-state index is 12.8. The average molecular weight is 458 g/mol. The van der Waals surface area contributed by atoms with Gasteiger partial charge < -0.3 is 34.9 Å². The van der Waals surface area contributed by atoms with Crippen molar-refractivity contribution in [3.05, 3.63) is 59.8 Å². The van der Waals surface area contributed by atoms with Crippen molar-refractivity contribution in [3.8, 4) is 5.75 Å². The highest BCUT2D eigenvalue weighted by molar-refractivity contribution is 5.96. The minimum Gasteiger partial charge on any atom is -0.507 e. The highest BCUT2D eigenvalue weighted by Gasteiger charge is 2.48. The van der Waals surface area contributed by atoms with Gasteiger partial charge in [0, 0.05) is 25.1 Å². The highest BCUT2D eigenvalue weighted by Crippen LogP contribution is 2.33. The number of cyclic esters (lactones) is 1. The number of nitrogens with zero attached hydrogens (tertiary/aromatic N) is 1. The molecule has 33 heavy (non-hydrogen) atoms. The summed E-state index contributed by atoms with van der Waals surface area (Å²) in [6, 6.07) is 4.55. The van der Waals surface area contributed by atoms with Crippen LogP contribution in [0.2, 0.25) is 0 Å². The van der Waals surface area contributed by atoms with Gasteiger partial charge >= 0.3 is 5.97 Å². The topological polar surface area (TPSA) is 150 Å². The molecule has 10 heteroatoms. The summed E-state index contributed by atoms with van der Waals surface area (Å²) in [5, 5.41) is 37.0. The van der Waals surface area contributed by atoms with Crippen LogP contribution in [0.4, 0.5) is 0 Å². The molecule has 0 saturated carbocycles. The number of allylic oxidation sites excluding steroid dienone is 1. The van der Waals surface area contributed by atoms with Crippen molar-refractivity contribution < 1.29 is 39.2 Å². The predicted molar refractivity (Wildman–Crippen MR) is 118 cm³/mol. The fourth-order valence-electron chi connectivity index (χ4n) is 3.39. The second kappa shape index (κ2) is 11.4. The first-order valence-corrected chi connectivity index (χ1v) is 10.3. The van der Waals surface area contributed by atoms with E-state index in [1.807, 2.05) is 0 Å². The van der Waals surface area contributed by atoms with E-state index in [4.69, 9.17) is 9.47 Å². The van der Waals surface area contributed by atoms with Crippen molar-refractivity contribution in [1.82, 2.24) is 5.32 Å². The lowest BCUT2D eigenvalue weighted by atomic mass is 10.00. The van der Waals surface area contributed by atoms with Gasteiger partial charge in [0.05, 0.1) is 12.3 Å². The summed E-state index contributed by atoms with van der Waals surface area (Å²) >= 11 is 0. The molecule has 3 rings (SSSR count). The maximum Gasteiger partial charge on any atom is 0.342 e. The minimum absolute atomic E-state index is 0.0396. The molecule has 2 aliphatic heterocycles. The summed E-state index contributed by atoms with van der Waals surface area (Å²) in [6.45, 7) is 0. The number of aliphatic hydroxyl groups is 2. The second-order valence-corrected chi connectivity index (χ2v) is 7.43. The number of amides is 1. The van der Waals surface area contributed by atoms with Crippen molar-refractivity contribution in [2.45, 2.75) is 43.4 Å². The number of hydrogen-bond acceptors (Lipinski definition) is 9. The summed E-state index contributed by atoms with van der Waals surface area (Å²) in [5.74, 6) is -1.44. The largest absolute Gasteiger partial charge is 0.507 e. The fourth-order valence-corrected chi connectivity index (χ4v) is 3.39. The average Bonchev–Trinajstić information content (AvgIpc) is 3.58. The molecule has 1 aromatic carbocycles. The third-order valence-corrected chi connectivity index (χ3v) is 5.05. The Morgan fingerprint density at radius 2 is 2.15 bits per heavy atom. The Kier molecular flexibility index (Phi) is 8.36. The molecule has 1 fully saturated rings. The number of phenols is 1. The van der Waals surface area contributed by atoms with Gasteiger partial charge in [-0.25, -0.2) is 4.79 Å². The number of aromatic hydroxyl groups is 1. The van der Waals surface area contributed by atoms with Crippen LogP contribution in [0.3, 0.4) is 0 Å². The molecule has 10 nitrogen and oxygen atoms in total. The van der Waals surface area contributed by atoms with Gasteiger partial charge in [-0.1, -0.05) is 35.5 Å². The van der Waals surface area contributed by atoms with Crippen molar-refractivity contribution in [2.75, 3.05) is 7.11 Å². The third-order valence-electron chi connectivity index (χ3n) is 5.05. The molecular formula is C23H26N2O8. The van der Waals surface area contributed by atoms with E-state index in [1.165, 1.54) is 49.9 Å². The monoisotopic (exact) mass is 458 g/mol. The smallest absolute Gasteiger partial charge is 0.342 e. The molecule has 0 bridgehead atoms. The number of phenolic OH excluding ortho intramolecular Hbond substituents is 1. The van der Waals surface area contributed by atoms with Gasteiger partial charge in [0.2, 0.25) is 5.91 Å². The van der Waals surface area contributed by atoms with Gasteiger partial charge in [-0.15, -0.1) is 0 Å². The van der Waals surface area contributed by atoms with E-state index in [-0.39, 0.29) is 24.2 Å². The van der Waals surface area contributed by atoms with Gasteiger partial charge in [0.25, 0.3) is 0 Å². The summed E-state index contributed by atoms with van der Waals surface area (Å²) in [7, 11) is 1.38. The maximum absolute atomic E-state index is 12.8. The van der Waals surface area contributed by atoms with Gasteiger partial charge in [-0.3, -0.25) is 4.79 Å². The lowest BCUT2D eigenvalue weighted by Gasteiger charge is -2.20. The number of esters is 1. The number of carbonyl (C=O) groups excluding carboxylic acids is 2. The molecule has 1 saturated heterocycles. The zero-order chi connectivity index (χ0) is 23.8. The number of benzene rings is 1. The molecule has 0 aliphatic carbocycles. The van der Waals surface area contributed by atoms with Gasteiger partial charge in [-0.05, 0) is 17.7 Å². The van der Waals surface area contributed by atoms with Crippen LogP contribution in [0.1, 0.15) is 28.8 Å². The normalized spacial score (nSPS) is 28.5. The number of carbonyl (C=O) groups is 2. The molecule has 0 spiro atoms. The van der Waals surface area contributed by atoms with Gasteiger partial charge in [0.1, 0.15) is 42.8 Å². The fraction of sp³-hybridized carbons (Fsp3) is 0.348. The molecule has 1 aromatic rings. The van der Waals surface area contributed by atoms with Crippen LogP contribution in [-0.4, -0.2) is 71.0 Å². The number of epoxide rings is 1. The van der Waals surface area contributed by atoms with E-state index in [9.17, 15) is 24.9 Å². The molecule has 5 atom stereocenters. The van der Waals surface area contributed by atoms with E-state index >= 15 is 0 Å². The first-order valence-electron chi connectivity index (χ1n) is 10.3. The molecule has 176 valence electrons. The van der Waals surface area contributed by atoms with E-state index < -0.39 is 42.4 Å². The number of ether oxygens (including phenoxy) is 2. The standard InChI is InChI=1S/C23H26N2O8/c1-31-25-12-4-8-19(29)24-11-3-6-15-13-18(28)22-21(33-22)17(27)10-9-14-5-2-7-16(26)20(14)23(30)32-15/h2-5,7-12,15,17-18,21-22,26-28H,6,13H2,1H3,(H,24,29)/b8-4+,10-9+,11-3+,25-12?. The Labute approximate surface area is 190 Å². The molecule has 0 radical (unpaired) electrons. The van der Waals surface area contributed by atoms with Crippen molar-refractivity contribution in [3.63, 3.8) is 0 Å². The first kappa shape index (κ1) is 24.2. The Morgan fingerprint density at radius 3 is 2.94 bits per heavy atom. The zero-order valence-electron chi connectivity index (χ0n) is 17.9. The lowest BCUT2D eigenvalue weighted by Crippen LogP contribution is -2.30. The SMILES string of the molecule is CON=C/C=C/C(=O)N/C=C/CC1CC(O)C2OC2C(O)/C=C/c2cccc(O)c2C(=O)O1. The van der Waals surface area contributed by atoms with Crippen LogP contribution in [0.25, 0.3) is 6.08 Å². The molecular weight excluding hydrogens is 432 g/mol. The second-order valence-electron chi connectivity index (χ2n) is 7.43. The molecule has 4 N–H and O–H groups in total. The summed E-state index contributed by atoms with van der Waals surface area (Å²) < 4.78 is 11.0. The third kappa shape index (κ3) is 6.75. The number of hydrogen-bond donors (Lipinski definition) is 4. The first-order chi connectivity index (χ1) is 15.9. The highest BCUT2D eigenvalue weighted by atomic mass is 16.6. The zero-order valence-corrected chi connectivity index (χ0v) is 17.9. The number of oxime groups is 1. The number of fused-ring (bicyclic) bond motifs is 2. The Morgan fingerprint density at radius 1 is 1.33 bits per heavy atom. The van der Waals surface area contributed by atoms with Crippen LogP contribution in [-0.2, 0) is 19.1 Å². The van der Waals surface area contributed by atoms with E-state index in [0.717, 1.165) is 0 Å². The summed E-state index contributed by atoms with van der Waals surface area (Å²) in [4.78, 5) is 29.0. The van der Waals surface area contributed by atoms with Crippen LogP contribution in [0, 0.1) is 0 Å². The van der Waals surface area contributed by atoms with Gasteiger partial charge in [0.15, 0.2) is 0 Å². The number of rotatable bonds is 6. The summed E-state index contributed by atoms with van der Waals surface area (Å²) in [6.07, 6.45) is 6.20. The van der Waals surface area contributed by atoms with Crippen LogP contribution in [0.5, 0.6) is 5.75 Å². The molecule has 0 aromatic heterocycles. The Bertz CT molecular complexity index is 971. The van der Waals surface area contributed by atoms with Gasteiger partial charge in [-0.2, -0.15) is 0 Å². The summed E-state index contributed by atoms with van der Waals surface area (Å²) in [5.41, 5.74) is 0.331. The molecule has 2 heterocycles. The predicted octanol–water partition coefficient (Wildman–Crippen LogP) is 1.03. The van der Waals surface area contributed by atoms with Crippen LogP contribution < -0.4 is 5.32 Å². The van der Waals surface area contributed by atoms with Crippen LogP contribution in [0.15, 0.2) is 53.9 Å². The van der Waals surface area contributed by atoms with E-state index in [2.05, 4.69) is 15.3 Å². The van der Waals surface area contributed by atoms with Crippen LogP contribution >= 0.6 is 0 Å². The minimum atomic E-state index is -0.981. The number of nitrogens with one attached hydrogen (secondary N) is 1. The van der Waals surface area contributed by atoms with E-state index in [0.29, 0.717) is 5.56 Å². The quantitative estimate of drug-likeness (QED) is 0.162. The molecule has 5 unspecified atom stereocenters. The number of aliphatic hydroxyl groups excluding tert-OH is 2. The van der Waals surface area contributed by atoms with E-state index in [1.54, 1.807) is 18.2 Å².